The third-order valence-electron chi connectivity index (χ3n) is 5.74. The van der Waals surface area contributed by atoms with Gasteiger partial charge in [0.05, 0.1) is 11.6 Å². The Morgan fingerprint density at radius 1 is 1.21 bits per heavy atom. The highest BCUT2D eigenvalue weighted by molar-refractivity contribution is 6.01. The molecule has 2 aliphatic rings. The highest BCUT2D eigenvalue weighted by atomic mass is 16.6. The number of hydrogen-bond donors (Lipinski definition) is 1. The first kappa shape index (κ1) is 19.7. The van der Waals surface area contributed by atoms with Crippen LogP contribution in [0.1, 0.15) is 50.4 Å². The third kappa shape index (κ3) is 4.52. The second-order valence-corrected chi connectivity index (χ2v) is 9.27. The van der Waals surface area contributed by atoms with Gasteiger partial charge in [-0.1, -0.05) is 0 Å². The van der Waals surface area contributed by atoms with Crippen LogP contribution in [-0.4, -0.2) is 42.1 Å². The molecule has 1 aromatic carbocycles. The maximum atomic E-state index is 12.4. The van der Waals surface area contributed by atoms with E-state index in [0.717, 1.165) is 41.8 Å². The zero-order valence-electron chi connectivity index (χ0n) is 17.4. The fourth-order valence-corrected chi connectivity index (χ4v) is 4.37. The van der Waals surface area contributed by atoms with Crippen LogP contribution >= 0.6 is 0 Å². The van der Waals surface area contributed by atoms with Crippen LogP contribution in [0.2, 0.25) is 0 Å². The van der Waals surface area contributed by atoms with Gasteiger partial charge in [-0.2, -0.15) is 0 Å². The quantitative estimate of drug-likeness (QED) is 0.787. The molecular weight excluding hydrogens is 366 g/mol. The van der Waals surface area contributed by atoms with Crippen molar-refractivity contribution in [3.8, 4) is 0 Å². The molecule has 0 bridgehead atoms. The van der Waals surface area contributed by atoms with Crippen molar-refractivity contribution < 1.29 is 14.3 Å². The molecule has 29 heavy (non-hydrogen) atoms. The first-order valence-electron chi connectivity index (χ1n) is 10.4. The molecule has 1 aliphatic carbocycles. The summed E-state index contributed by atoms with van der Waals surface area (Å²) in [6.07, 6.45) is 5.73. The SMILES string of the molecule is CC(C)(C)OC(=O)N[C@H]1C[C@@H](C2CC2)CN(c2ccc(C=O)c3ncccc23)C1. The van der Waals surface area contributed by atoms with Gasteiger partial charge in [0.2, 0.25) is 0 Å². The molecule has 0 radical (unpaired) electrons. The number of anilines is 1. The molecule has 154 valence electrons. The summed E-state index contributed by atoms with van der Waals surface area (Å²) < 4.78 is 5.48. The van der Waals surface area contributed by atoms with Crippen molar-refractivity contribution in [3.63, 3.8) is 0 Å². The van der Waals surface area contributed by atoms with E-state index < -0.39 is 5.60 Å². The number of aldehydes is 1. The van der Waals surface area contributed by atoms with E-state index >= 15 is 0 Å². The van der Waals surface area contributed by atoms with Crippen molar-refractivity contribution in [1.29, 1.82) is 0 Å². The number of fused-ring (bicyclic) bond motifs is 1. The molecule has 2 heterocycles. The highest BCUT2D eigenvalue weighted by Gasteiger charge is 2.38. The van der Waals surface area contributed by atoms with Gasteiger partial charge in [-0.05, 0) is 76.1 Å². The van der Waals surface area contributed by atoms with Gasteiger partial charge in [0.1, 0.15) is 5.60 Å². The van der Waals surface area contributed by atoms with Crippen molar-refractivity contribution in [1.82, 2.24) is 10.3 Å². The van der Waals surface area contributed by atoms with Crippen LogP contribution in [0.25, 0.3) is 10.9 Å². The Labute approximate surface area is 171 Å². The number of carbonyl (C=O) groups excluding carboxylic acids is 2. The van der Waals surface area contributed by atoms with E-state index in [0.29, 0.717) is 18.0 Å². The Morgan fingerprint density at radius 3 is 2.69 bits per heavy atom. The standard InChI is InChI=1S/C23H29N3O3/c1-23(2,3)29-22(28)25-18-11-17(15-6-7-15)12-26(13-18)20-9-8-16(14-27)21-19(20)5-4-10-24-21/h4-5,8-10,14-15,17-18H,6-7,11-13H2,1-3H3,(H,25,28)/t17-,18+/m1/s1. The smallest absolute Gasteiger partial charge is 0.407 e. The molecule has 0 unspecified atom stereocenters. The van der Waals surface area contributed by atoms with E-state index in [1.165, 1.54) is 12.8 Å². The minimum atomic E-state index is -0.513. The number of pyridine rings is 1. The Morgan fingerprint density at radius 2 is 2.00 bits per heavy atom. The summed E-state index contributed by atoms with van der Waals surface area (Å²) in [4.78, 5) is 30.6. The van der Waals surface area contributed by atoms with Crippen LogP contribution in [-0.2, 0) is 4.74 Å². The summed E-state index contributed by atoms with van der Waals surface area (Å²) in [6, 6.07) is 7.80. The normalized spacial score (nSPS) is 22.4. The molecule has 6 nitrogen and oxygen atoms in total. The summed E-state index contributed by atoms with van der Waals surface area (Å²) in [5, 5.41) is 4.06. The van der Waals surface area contributed by atoms with Crippen LogP contribution in [0.15, 0.2) is 30.5 Å². The highest BCUT2D eigenvalue weighted by Crippen LogP contribution is 2.42. The topological polar surface area (TPSA) is 71.5 Å². The number of benzene rings is 1. The lowest BCUT2D eigenvalue weighted by Gasteiger charge is -2.40. The molecular formula is C23H29N3O3. The fraction of sp³-hybridized carbons (Fsp3) is 0.522. The van der Waals surface area contributed by atoms with Gasteiger partial charge in [0.15, 0.2) is 6.29 Å². The average Bonchev–Trinajstić information content (AvgIpc) is 3.50. The van der Waals surface area contributed by atoms with E-state index in [-0.39, 0.29) is 12.1 Å². The molecule has 2 atom stereocenters. The largest absolute Gasteiger partial charge is 0.444 e. The number of carbonyl (C=O) groups is 2. The lowest BCUT2D eigenvalue weighted by atomic mass is 9.89. The van der Waals surface area contributed by atoms with Crippen molar-refractivity contribution in [2.45, 2.75) is 51.7 Å². The van der Waals surface area contributed by atoms with Gasteiger partial charge < -0.3 is 15.0 Å². The van der Waals surface area contributed by atoms with E-state index in [1.807, 2.05) is 45.0 Å². The van der Waals surface area contributed by atoms with E-state index in [1.54, 1.807) is 6.20 Å². The third-order valence-corrected chi connectivity index (χ3v) is 5.74. The number of piperidine rings is 1. The Kier molecular flexibility index (Phi) is 5.19. The van der Waals surface area contributed by atoms with Crippen LogP contribution in [0.5, 0.6) is 0 Å². The molecule has 2 fully saturated rings. The van der Waals surface area contributed by atoms with Crippen LogP contribution in [0.3, 0.4) is 0 Å². The molecule has 1 saturated carbocycles. The number of amides is 1. The predicted octanol–water partition coefficient (Wildman–Crippen LogP) is 4.18. The molecule has 4 rings (SSSR count). The number of aromatic nitrogens is 1. The van der Waals surface area contributed by atoms with Crippen LogP contribution < -0.4 is 10.2 Å². The molecule has 6 heteroatoms. The van der Waals surface area contributed by atoms with E-state index in [9.17, 15) is 9.59 Å². The molecule has 1 amide bonds. The summed E-state index contributed by atoms with van der Waals surface area (Å²) in [6.45, 7) is 7.30. The Balaban J connectivity index is 1.60. The molecule has 2 aromatic rings. The Bertz CT molecular complexity index is 917. The van der Waals surface area contributed by atoms with Crippen molar-refractivity contribution in [2.75, 3.05) is 18.0 Å². The molecule has 1 saturated heterocycles. The predicted molar refractivity (Wildman–Crippen MR) is 113 cm³/mol. The summed E-state index contributed by atoms with van der Waals surface area (Å²) in [5.74, 6) is 1.28. The number of ether oxygens (including phenoxy) is 1. The number of nitrogens with zero attached hydrogens (tertiary/aromatic N) is 2. The minimum Gasteiger partial charge on any atom is -0.444 e. The van der Waals surface area contributed by atoms with Gasteiger partial charge in [-0.3, -0.25) is 9.78 Å². The van der Waals surface area contributed by atoms with Crippen LogP contribution in [0, 0.1) is 11.8 Å². The summed E-state index contributed by atoms with van der Waals surface area (Å²) in [5.41, 5.74) is 1.88. The first-order chi connectivity index (χ1) is 13.8. The number of alkyl carbamates (subject to hydrolysis) is 1. The van der Waals surface area contributed by atoms with Gasteiger partial charge in [-0.15, -0.1) is 0 Å². The molecule has 1 aliphatic heterocycles. The first-order valence-corrected chi connectivity index (χ1v) is 10.4. The second-order valence-electron chi connectivity index (χ2n) is 9.27. The number of hydrogen-bond acceptors (Lipinski definition) is 5. The van der Waals surface area contributed by atoms with Crippen LogP contribution in [0.4, 0.5) is 10.5 Å². The molecule has 0 spiro atoms. The number of nitrogens with one attached hydrogen (secondary N) is 1. The van der Waals surface area contributed by atoms with Crippen molar-refractivity contribution in [3.05, 3.63) is 36.0 Å². The maximum absolute atomic E-state index is 12.4. The minimum absolute atomic E-state index is 0.0293. The lowest BCUT2D eigenvalue weighted by molar-refractivity contribution is 0.0492. The molecule has 1 aromatic heterocycles. The Hall–Kier alpha value is -2.63. The summed E-state index contributed by atoms with van der Waals surface area (Å²) in [7, 11) is 0. The van der Waals surface area contributed by atoms with Crippen molar-refractivity contribution in [2.24, 2.45) is 11.8 Å². The van der Waals surface area contributed by atoms with Gasteiger partial charge in [0, 0.05) is 35.9 Å². The lowest BCUT2D eigenvalue weighted by Crippen LogP contribution is -2.52. The fourth-order valence-electron chi connectivity index (χ4n) is 4.37. The molecule has 1 N–H and O–H groups in total. The van der Waals surface area contributed by atoms with Gasteiger partial charge in [0.25, 0.3) is 0 Å². The number of rotatable bonds is 4. The van der Waals surface area contributed by atoms with Gasteiger partial charge >= 0.3 is 6.09 Å². The van der Waals surface area contributed by atoms with E-state index in [4.69, 9.17) is 4.74 Å². The summed E-state index contributed by atoms with van der Waals surface area (Å²) >= 11 is 0. The van der Waals surface area contributed by atoms with Crippen molar-refractivity contribution >= 4 is 29.0 Å². The second kappa shape index (κ2) is 7.65. The van der Waals surface area contributed by atoms with E-state index in [2.05, 4.69) is 15.2 Å². The zero-order chi connectivity index (χ0) is 20.6. The van der Waals surface area contributed by atoms with Gasteiger partial charge in [-0.25, -0.2) is 4.79 Å². The zero-order valence-corrected chi connectivity index (χ0v) is 17.4. The average molecular weight is 396 g/mol. The monoisotopic (exact) mass is 395 g/mol. The maximum Gasteiger partial charge on any atom is 0.407 e.